The van der Waals surface area contributed by atoms with Crippen LogP contribution in [0.5, 0.6) is 11.5 Å². The fourth-order valence-electron chi connectivity index (χ4n) is 7.07. The van der Waals surface area contributed by atoms with E-state index < -0.39 is 16.5 Å². The summed E-state index contributed by atoms with van der Waals surface area (Å²) in [5, 5.41) is 35.0. The van der Waals surface area contributed by atoms with Gasteiger partial charge < -0.3 is 35.0 Å². The van der Waals surface area contributed by atoms with E-state index in [-0.39, 0.29) is 104 Å². The number of hydrogen-bond donors (Lipinski definition) is 0. The van der Waals surface area contributed by atoms with Gasteiger partial charge in [0, 0.05) is 35.4 Å². The van der Waals surface area contributed by atoms with Crippen molar-refractivity contribution in [3.05, 3.63) is 130 Å². The van der Waals surface area contributed by atoms with E-state index in [4.69, 9.17) is 14.1 Å². The van der Waals surface area contributed by atoms with Crippen LogP contribution >= 0.6 is 31.9 Å². The zero-order chi connectivity index (χ0) is 51.0. The minimum atomic E-state index is -1.11. The molecule has 0 radical (unpaired) electrons. The Morgan fingerprint density at radius 3 is 0.929 bits per heavy atom. The molecule has 0 bridgehead atoms. The van der Waals surface area contributed by atoms with Crippen molar-refractivity contribution in [1.82, 2.24) is 0 Å². The van der Waals surface area contributed by atoms with E-state index in [9.17, 15) is 10.2 Å². The Bertz CT molecular complexity index is 1920. The van der Waals surface area contributed by atoms with Gasteiger partial charge in [-0.3, -0.25) is 0 Å². The van der Waals surface area contributed by atoms with E-state index in [2.05, 4.69) is 177 Å². The molecule has 0 aliphatic carbocycles. The maximum atomic E-state index is 12.9. The van der Waals surface area contributed by atoms with Gasteiger partial charge in [-0.05, 0) is 82.7 Å². The third-order valence-corrected chi connectivity index (χ3v) is 16.9. The average Bonchev–Trinajstić information content (AvgIpc) is 3.97. The van der Waals surface area contributed by atoms with Gasteiger partial charge in [-0.1, -0.05) is 241 Å². The Balaban J connectivity index is 0. The molecule has 4 aromatic rings. The molecule has 7 nitrogen and oxygen atoms in total. The fourth-order valence-corrected chi connectivity index (χ4v) is 15.6. The first kappa shape index (κ1) is 71.7. The Kier molecular flexibility index (Phi) is 33.1. The van der Waals surface area contributed by atoms with Crippen LogP contribution in [0.2, 0.25) is 39.3 Å². The molecule has 2 aliphatic rings. The Morgan fingerprint density at radius 1 is 0.471 bits per heavy atom. The number of halogens is 2. The Labute approximate surface area is 495 Å². The Hall–Kier alpha value is -0.348. The average molecular weight is 1180 g/mol. The van der Waals surface area contributed by atoms with E-state index in [1.165, 1.54) is 36.8 Å². The molecule has 2 heterocycles. The zero-order valence-electron chi connectivity index (χ0n) is 47.3. The maximum Gasteiger partial charge on any atom is 3.00 e. The molecule has 70 heavy (non-hydrogen) atoms. The van der Waals surface area contributed by atoms with Crippen molar-refractivity contribution in [3.63, 3.8) is 0 Å². The number of benzene rings is 4. The summed E-state index contributed by atoms with van der Waals surface area (Å²) >= 11 is 6.85. The van der Waals surface area contributed by atoms with Crippen molar-refractivity contribution < 1.29 is 90.1 Å². The molecule has 2 aliphatic heterocycles. The molecule has 0 atom stereocenters. The molecule has 4 aromatic carbocycles. The third-order valence-electron chi connectivity index (χ3n) is 10.5. The van der Waals surface area contributed by atoms with E-state index in [1.807, 2.05) is 60.7 Å². The maximum absolute atomic E-state index is 12.9. The second-order valence-corrected chi connectivity index (χ2v) is 35.1. The van der Waals surface area contributed by atoms with Crippen LogP contribution in [0.1, 0.15) is 142 Å². The van der Waals surface area contributed by atoms with Gasteiger partial charge >= 0.3 is 70.4 Å². The standard InChI is InChI=1S/2C21H27BrNO.C6H18NSi2.2C4H8O.2Li.Y/c2*1-20(2,3)15-11-14(19(24)18(12-15)21(4,5)6)13-23-17-9-7-16(22)8-10-17;1-8(2,3)7-9(4,5)6;2*1-2-4-5-3-1;;;/h2*7-12,24H,13H2,1-6H3;1-6H3;2*1-4H2;;;/q3*-1;;;2*+1;+3/p-2. The first-order valence-corrected chi connectivity index (χ1v) is 32.6. The summed E-state index contributed by atoms with van der Waals surface area (Å²) in [7, 11) is -2.21. The van der Waals surface area contributed by atoms with Crippen LogP contribution in [0, 0.1) is 0 Å². The summed E-state index contributed by atoms with van der Waals surface area (Å²) in [5.74, 6) is 0.243. The van der Waals surface area contributed by atoms with E-state index in [0.717, 1.165) is 69.0 Å². The molecule has 2 saturated heterocycles. The van der Waals surface area contributed by atoms with Gasteiger partial charge in [0.25, 0.3) is 0 Å². The van der Waals surface area contributed by atoms with E-state index in [0.29, 0.717) is 13.1 Å². The van der Waals surface area contributed by atoms with Crippen LogP contribution in [0.4, 0.5) is 11.4 Å². The quantitative estimate of drug-likeness (QED) is 0.164. The van der Waals surface area contributed by atoms with Crippen molar-refractivity contribution in [2.75, 3.05) is 26.4 Å². The molecular weight excluding hydrogens is 1100 g/mol. The monoisotopic (exact) mass is 1180 g/mol. The first-order chi connectivity index (χ1) is 30.7. The smallest absolute Gasteiger partial charge is 0.872 e. The SMILES string of the molecule is C1CCOC1.C1CCOC1.CC(C)(C)c1cc(C[N-]c2ccc(Br)cc2)c([O-])c(C(C)(C)C)c1.CC(C)(C)c1cc(C[N-]c2ccc(Br)cc2)c([O-])c(C(C)(C)C)c1.C[Si](C)(C)[N-][Si](C)(C)C.[Li+].[Li+].[Y+3]. The van der Waals surface area contributed by atoms with Crippen LogP contribution in [-0.2, 0) is 76.9 Å². The summed E-state index contributed by atoms with van der Waals surface area (Å²) < 4.78 is 16.8. The van der Waals surface area contributed by atoms with Crippen molar-refractivity contribution in [3.8, 4) is 11.5 Å². The summed E-state index contributed by atoms with van der Waals surface area (Å²) in [4.78, 5) is 0. The summed E-state index contributed by atoms with van der Waals surface area (Å²) in [6, 6.07) is 23.9. The number of nitrogens with zero attached hydrogens (tertiary/aromatic N) is 3. The molecule has 14 heteroatoms. The zero-order valence-corrected chi connectivity index (χ0v) is 55.3. The summed E-state index contributed by atoms with van der Waals surface area (Å²) in [6.07, 6.45) is 5.11. The minimum absolute atomic E-state index is 0. The van der Waals surface area contributed by atoms with Gasteiger partial charge in [0.1, 0.15) is 0 Å². The Morgan fingerprint density at radius 2 is 0.743 bits per heavy atom. The van der Waals surface area contributed by atoms with Gasteiger partial charge in [0.2, 0.25) is 0 Å². The van der Waals surface area contributed by atoms with Gasteiger partial charge in [-0.15, -0.1) is 36.0 Å². The first-order valence-electron chi connectivity index (χ1n) is 24.1. The molecule has 0 saturated carbocycles. The second kappa shape index (κ2) is 32.3. The number of ether oxygens (including phenoxy) is 2. The van der Waals surface area contributed by atoms with Crippen LogP contribution in [0.15, 0.2) is 81.7 Å². The van der Waals surface area contributed by atoms with Crippen LogP contribution in [0.25, 0.3) is 15.3 Å². The molecule has 0 spiro atoms. The summed E-state index contributed by atoms with van der Waals surface area (Å²) in [5.41, 5.74) is 7.08. The minimum Gasteiger partial charge on any atom is -0.872 e. The molecule has 376 valence electrons. The molecule has 2 fully saturated rings. The molecule has 6 rings (SSSR count). The van der Waals surface area contributed by atoms with Gasteiger partial charge in [0.15, 0.2) is 0 Å². The topological polar surface area (TPSA) is 107 Å². The number of rotatable bonds is 8. The van der Waals surface area contributed by atoms with Crippen molar-refractivity contribution in [2.45, 2.75) is 183 Å². The van der Waals surface area contributed by atoms with Crippen LogP contribution < -0.4 is 47.9 Å². The van der Waals surface area contributed by atoms with Crippen LogP contribution in [-0.4, -0.2) is 42.9 Å². The third kappa shape index (κ3) is 29.1. The van der Waals surface area contributed by atoms with Crippen LogP contribution in [0.3, 0.4) is 0 Å². The van der Waals surface area contributed by atoms with E-state index in [1.54, 1.807) is 0 Å². The molecule has 0 unspecified atom stereocenters. The van der Waals surface area contributed by atoms with Crippen molar-refractivity contribution >= 4 is 59.7 Å². The second-order valence-electron chi connectivity index (χ2n) is 23.7. The fraction of sp³-hybridized carbons (Fsp3) is 0.571. The predicted molar refractivity (Wildman–Crippen MR) is 298 cm³/mol. The molecule has 0 aromatic heterocycles. The van der Waals surface area contributed by atoms with Gasteiger partial charge in [-0.2, -0.15) is 0 Å². The predicted octanol–water partition coefficient (Wildman–Crippen LogP) is 11.3. The summed E-state index contributed by atoms with van der Waals surface area (Å²) in [6.45, 7) is 44.2. The number of hydrogen-bond acceptors (Lipinski definition) is 4. The van der Waals surface area contributed by atoms with Gasteiger partial charge in [0.05, 0.1) is 0 Å². The van der Waals surface area contributed by atoms with Crippen molar-refractivity contribution in [2.24, 2.45) is 0 Å². The molecule has 0 amide bonds. The largest absolute Gasteiger partial charge is 3.00 e. The molecule has 0 N–H and O–H groups in total. The molecular formula is C56H86Br2Li2N3O4Si2Y. The van der Waals surface area contributed by atoms with Gasteiger partial charge in [-0.25, -0.2) is 0 Å². The normalized spacial score (nSPS) is 13.7. The van der Waals surface area contributed by atoms with E-state index >= 15 is 0 Å². The van der Waals surface area contributed by atoms with Crippen molar-refractivity contribution in [1.29, 1.82) is 0 Å².